The van der Waals surface area contributed by atoms with E-state index in [1.807, 2.05) is 54.6 Å². The number of fused-ring (bicyclic) bond motifs is 1. The molecule has 1 amide bonds. The zero-order chi connectivity index (χ0) is 17.8. The van der Waals surface area contributed by atoms with Crippen molar-refractivity contribution in [3.8, 4) is 0 Å². The molecule has 0 unspecified atom stereocenters. The van der Waals surface area contributed by atoms with Crippen LogP contribution in [0.15, 0.2) is 59.8 Å². The standard InChI is InChI=1S/C20H21N3O2S/c24-19(21-13-15-9-6-12-25-15)18(14-7-2-1-3-8-14)26-20-22-16-10-4-5-11-17(16)23-20/h1-5,7-8,10-11,15,18H,6,9,12-13H2,(H,21,24)(H,22,23)/t15-,18+/m1/s1. The van der Waals surface area contributed by atoms with Crippen molar-refractivity contribution in [3.05, 3.63) is 60.2 Å². The fourth-order valence-corrected chi connectivity index (χ4v) is 4.14. The largest absolute Gasteiger partial charge is 0.376 e. The molecule has 2 N–H and O–H groups in total. The third-order valence-corrected chi connectivity index (χ3v) is 5.60. The fraction of sp³-hybridized carbons (Fsp3) is 0.300. The van der Waals surface area contributed by atoms with Crippen LogP contribution in [-0.4, -0.2) is 35.1 Å². The second-order valence-electron chi connectivity index (χ2n) is 6.35. The molecule has 1 aliphatic heterocycles. The molecule has 0 spiro atoms. The van der Waals surface area contributed by atoms with Crippen LogP contribution in [0, 0.1) is 0 Å². The number of hydrogen-bond donors (Lipinski definition) is 2. The molecule has 0 saturated carbocycles. The number of benzene rings is 2. The predicted molar refractivity (Wildman–Crippen MR) is 103 cm³/mol. The fourth-order valence-electron chi connectivity index (χ4n) is 3.11. The van der Waals surface area contributed by atoms with Gasteiger partial charge in [-0.3, -0.25) is 4.79 Å². The second kappa shape index (κ2) is 7.93. The monoisotopic (exact) mass is 367 g/mol. The molecule has 1 saturated heterocycles. The first-order valence-corrected chi connectivity index (χ1v) is 9.73. The molecule has 0 radical (unpaired) electrons. The van der Waals surface area contributed by atoms with Crippen LogP contribution in [0.3, 0.4) is 0 Å². The van der Waals surface area contributed by atoms with Crippen molar-refractivity contribution in [2.24, 2.45) is 0 Å². The number of aromatic nitrogens is 2. The van der Waals surface area contributed by atoms with E-state index in [-0.39, 0.29) is 17.3 Å². The van der Waals surface area contributed by atoms with Gasteiger partial charge in [0.15, 0.2) is 5.16 Å². The van der Waals surface area contributed by atoms with Crippen molar-refractivity contribution in [1.29, 1.82) is 0 Å². The van der Waals surface area contributed by atoms with Gasteiger partial charge in [0.2, 0.25) is 5.91 Å². The molecule has 3 aromatic rings. The van der Waals surface area contributed by atoms with E-state index < -0.39 is 0 Å². The Morgan fingerprint density at radius 2 is 2.04 bits per heavy atom. The van der Waals surface area contributed by atoms with Crippen molar-refractivity contribution in [1.82, 2.24) is 15.3 Å². The quantitative estimate of drug-likeness (QED) is 0.652. The van der Waals surface area contributed by atoms with Gasteiger partial charge in [-0.2, -0.15) is 0 Å². The van der Waals surface area contributed by atoms with Crippen LogP contribution in [-0.2, 0) is 9.53 Å². The maximum Gasteiger partial charge on any atom is 0.238 e. The molecular formula is C20H21N3O2S. The van der Waals surface area contributed by atoms with E-state index in [2.05, 4.69) is 15.3 Å². The molecule has 2 aromatic carbocycles. The first-order valence-electron chi connectivity index (χ1n) is 8.85. The molecule has 1 fully saturated rings. The first kappa shape index (κ1) is 17.1. The van der Waals surface area contributed by atoms with E-state index in [4.69, 9.17) is 4.74 Å². The minimum absolute atomic E-state index is 0.0165. The van der Waals surface area contributed by atoms with E-state index in [1.165, 1.54) is 11.8 Å². The van der Waals surface area contributed by atoms with Crippen molar-refractivity contribution in [2.75, 3.05) is 13.2 Å². The van der Waals surface area contributed by atoms with Gasteiger partial charge < -0.3 is 15.0 Å². The first-order chi connectivity index (χ1) is 12.8. The summed E-state index contributed by atoms with van der Waals surface area (Å²) in [7, 11) is 0. The van der Waals surface area contributed by atoms with E-state index in [9.17, 15) is 4.79 Å². The molecular weight excluding hydrogens is 346 g/mol. The van der Waals surface area contributed by atoms with Gasteiger partial charge in [0.1, 0.15) is 5.25 Å². The summed E-state index contributed by atoms with van der Waals surface area (Å²) in [5.74, 6) is -0.0165. The highest BCUT2D eigenvalue weighted by molar-refractivity contribution is 8.00. The molecule has 1 aromatic heterocycles. The Balaban J connectivity index is 1.53. The molecule has 5 nitrogen and oxygen atoms in total. The second-order valence-corrected chi connectivity index (χ2v) is 7.44. The van der Waals surface area contributed by atoms with Crippen molar-refractivity contribution in [3.63, 3.8) is 0 Å². The van der Waals surface area contributed by atoms with Gasteiger partial charge in [0.25, 0.3) is 0 Å². The number of amides is 1. The number of nitrogens with one attached hydrogen (secondary N) is 2. The average molecular weight is 367 g/mol. The Hall–Kier alpha value is -2.31. The third kappa shape index (κ3) is 3.92. The molecule has 0 aliphatic carbocycles. The van der Waals surface area contributed by atoms with Crippen LogP contribution in [0.4, 0.5) is 0 Å². The zero-order valence-electron chi connectivity index (χ0n) is 14.4. The maximum atomic E-state index is 12.9. The number of thioether (sulfide) groups is 1. The van der Waals surface area contributed by atoms with Gasteiger partial charge in [-0.05, 0) is 30.5 Å². The van der Waals surface area contributed by atoms with Gasteiger partial charge in [-0.15, -0.1) is 0 Å². The van der Waals surface area contributed by atoms with Crippen molar-refractivity contribution in [2.45, 2.75) is 29.4 Å². The van der Waals surface area contributed by atoms with E-state index in [0.29, 0.717) is 6.54 Å². The summed E-state index contributed by atoms with van der Waals surface area (Å²) < 4.78 is 5.61. The van der Waals surface area contributed by atoms with Gasteiger partial charge in [-0.25, -0.2) is 4.98 Å². The number of H-pyrrole nitrogens is 1. The van der Waals surface area contributed by atoms with E-state index in [0.717, 1.165) is 41.2 Å². The summed E-state index contributed by atoms with van der Waals surface area (Å²) in [6.07, 6.45) is 2.20. The molecule has 2 atom stereocenters. The number of rotatable bonds is 6. The Labute approximate surface area is 156 Å². The third-order valence-electron chi connectivity index (χ3n) is 4.47. The van der Waals surface area contributed by atoms with Gasteiger partial charge in [-0.1, -0.05) is 54.2 Å². The van der Waals surface area contributed by atoms with Crippen molar-refractivity contribution < 1.29 is 9.53 Å². The summed E-state index contributed by atoms with van der Waals surface area (Å²) in [4.78, 5) is 20.8. The van der Waals surface area contributed by atoms with Gasteiger partial charge in [0, 0.05) is 13.2 Å². The normalized spacial score (nSPS) is 18.1. The number of imidazole rings is 1. The highest BCUT2D eigenvalue weighted by atomic mass is 32.2. The number of ether oxygens (including phenoxy) is 1. The molecule has 134 valence electrons. The van der Waals surface area contributed by atoms with Crippen LogP contribution in [0.25, 0.3) is 11.0 Å². The highest BCUT2D eigenvalue weighted by Crippen LogP contribution is 2.34. The SMILES string of the molecule is O=C(NC[C@H]1CCCO1)[C@@H](Sc1nc2ccccc2[nH]1)c1ccccc1. The molecule has 1 aliphatic rings. The minimum atomic E-state index is -0.363. The number of carbonyl (C=O) groups excluding carboxylic acids is 1. The molecule has 26 heavy (non-hydrogen) atoms. The number of hydrogen-bond acceptors (Lipinski definition) is 4. The van der Waals surface area contributed by atoms with Crippen LogP contribution in [0.5, 0.6) is 0 Å². The van der Waals surface area contributed by atoms with Crippen molar-refractivity contribution >= 4 is 28.7 Å². The lowest BCUT2D eigenvalue weighted by atomic mass is 10.1. The Morgan fingerprint density at radius 1 is 1.23 bits per heavy atom. The number of aromatic amines is 1. The summed E-state index contributed by atoms with van der Waals surface area (Å²) in [6.45, 7) is 1.35. The topological polar surface area (TPSA) is 67.0 Å². The highest BCUT2D eigenvalue weighted by Gasteiger charge is 2.25. The number of carbonyl (C=O) groups is 1. The van der Waals surface area contributed by atoms with Gasteiger partial charge in [0.05, 0.1) is 17.1 Å². The van der Waals surface area contributed by atoms with Crippen LogP contribution in [0.2, 0.25) is 0 Å². The summed E-state index contributed by atoms with van der Waals surface area (Å²) in [5, 5.41) is 3.43. The summed E-state index contributed by atoms with van der Waals surface area (Å²) in [6, 6.07) is 17.7. The lowest BCUT2D eigenvalue weighted by Gasteiger charge is -2.17. The maximum absolute atomic E-state index is 12.9. The number of para-hydroxylation sites is 2. The van der Waals surface area contributed by atoms with Crippen LogP contribution in [0.1, 0.15) is 23.7 Å². The molecule has 2 heterocycles. The smallest absolute Gasteiger partial charge is 0.238 e. The molecule has 4 rings (SSSR count). The van der Waals surface area contributed by atoms with Crippen LogP contribution >= 0.6 is 11.8 Å². The average Bonchev–Trinajstić information content (AvgIpc) is 3.34. The Kier molecular flexibility index (Phi) is 5.22. The van der Waals surface area contributed by atoms with E-state index >= 15 is 0 Å². The Morgan fingerprint density at radius 3 is 2.81 bits per heavy atom. The molecule has 6 heteroatoms. The molecule has 0 bridgehead atoms. The van der Waals surface area contributed by atoms with Gasteiger partial charge >= 0.3 is 0 Å². The van der Waals surface area contributed by atoms with Crippen LogP contribution < -0.4 is 5.32 Å². The lowest BCUT2D eigenvalue weighted by Crippen LogP contribution is -2.34. The van der Waals surface area contributed by atoms with E-state index in [1.54, 1.807) is 0 Å². The lowest BCUT2D eigenvalue weighted by molar-refractivity contribution is -0.121. The summed E-state index contributed by atoms with van der Waals surface area (Å²) >= 11 is 1.44. The zero-order valence-corrected chi connectivity index (χ0v) is 15.2. The summed E-state index contributed by atoms with van der Waals surface area (Å²) in [5.41, 5.74) is 2.84. The number of nitrogens with zero attached hydrogens (tertiary/aromatic N) is 1. The minimum Gasteiger partial charge on any atom is -0.376 e. The Bertz CT molecular complexity index is 842. The predicted octanol–water partition coefficient (Wildman–Crippen LogP) is 3.69.